The van der Waals surface area contributed by atoms with Crippen LogP contribution in [-0.4, -0.2) is 55.3 Å². The van der Waals surface area contributed by atoms with Crippen molar-refractivity contribution >= 4 is 7.60 Å². The maximum Gasteiger partial charge on any atom is 0.325 e. The SMILES string of the molecule is CCOC[C@@]12CO[C@H]([C@H](C)O1)[C@H]2OP(C)(=O)O. The number of hydrogen-bond acceptors (Lipinski definition) is 5. The maximum atomic E-state index is 11.4. The van der Waals surface area contributed by atoms with Crippen molar-refractivity contribution in [3.05, 3.63) is 0 Å². The molecular weight excluding hydrogens is 247 g/mol. The Bertz CT molecular complexity index is 329. The Labute approximate surface area is 101 Å². The molecule has 0 saturated carbocycles. The molecular formula is C10H19O6P. The molecule has 1 N–H and O–H groups in total. The Morgan fingerprint density at radius 1 is 1.59 bits per heavy atom. The van der Waals surface area contributed by atoms with E-state index in [1.807, 2.05) is 13.8 Å². The smallest absolute Gasteiger partial charge is 0.325 e. The lowest BCUT2D eigenvalue weighted by molar-refractivity contribution is -0.162. The molecule has 0 aromatic rings. The van der Waals surface area contributed by atoms with E-state index in [4.69, 9.17) is 18.7 Å². The Morgan fingerprint density at radius 3 is 2.82 bits per heavy atom. The van der Waals surface area contributed by atoms with Gasteiger partial charge in [0.1, 0.15) is 17.8 Å². The fourth-order valence-corrected chi connectivity index (χ4v) is 3.16. The molecule has 2 fully saturated rings. The zero-order valence-corrected chi connectivity index (χ0v) is 11.2. The van der Waals surface area contributed by atoms with Gasteiger partial charge in [0.25, 0.3) is 0 Å². The first-order valence-corrected chi connectivity index (χ1v) is 7.76. The molecule has 2 heterocycles. The summed E-state index contributed by atoms with van der Waals surface area (Å²) >= 11 is 0. The largest absolute Gasteiger partial charge is 0.379 e. The van der Waals surface area contributed by atoms with Crippen LogP contribution in [0.15, 0.2) is 0 Å². The van der Waals surface area contributed by atoms with Crippen molar-refractivity contribution in [3.63, 3.8) is 0 Å². The van der Waals surface area contributed by atoms with Crippen LogP contribution in [0.1, 0.15) is 13.8 Å². The molecule has 2 bridgehead atoms. The van der Waals surface area contributed by atoms with E-state index < -0.39 is 19.3 Å². The topological polar surface area (TPSA) is 74.2 Å². The maximum absolute atomic E-state index is 11.4. The standard InChI is InChI=1S/C10H19O6P/c1-4-13-5-10-6-14-8(7(2)15-10)9(10)16-17(3,11)12/h7-9H,4-6H2,1-3H3,(H,11,12)/t7-,8+,9+,10-/m0/s1. The molecule has 17 heavy (non-hydrogen) atoms. The van der Waals surface area contributed by atoms with Gasteiger partial charge in [-0.3, -0.25) is 9.09 Å². The summed E-state index contributed by atoms with van der Waals surface area (Å²) in [5.41, 5.74) is -0.742. The quantitative estimate of drug-likeness (QED) is 0.741. The minimum absolute atomic E-state index is 0.152. The Balaban J connectivity index is 2.14. The van der Waals surface area contributed by atoms with E-state index in [0.29, 0.717) is 19.8 Å². The average Bonchev–Trinajstić information content (AvgIpc) is 2.65. The molecule has 0 aromatic carbocycles. The van der Waals surface area contributed by atoms with Crippen LogP contribution in [-0.2, 0) is 23.3 Å². The summed E-state index contributed by atoms with van der Waals surface area (Å²) in [4.78, 5) is 9.35. The normalized spacial score (nSPS) is 43.9. The van der Waals surface area contributed by atoms with Gasteiger partial charge < -0.3 is 19.1 Å². The van der Waals surface area contributed by atoms with E-state index in [9.17, 15) is 9.46 Å². The van der Waals surface area contributed by atoms with Gasteiger partial charge in [-0.25, -0.2) is 0 Å². The highest BCUT2D eigenvalue weighted by Gasteiger charge is 2.62. The van der Waals surface area contributed by atoms with E-state index in [-0.39, 0.29) is 12.2 Å². The third kappa shape index (κ3) is 2.57. The minimum Gasteiger partial charge on any atom is -0.379 e. The van der Waals surface area contributed by atoms with Crippen LogP contribution in [0.4, 0.5) is 0 Å². The monoisotopic (exact) mass is 266 g/mol. The lowest BCUT2D eigenvalue weighted by atomic mass is 10.00. The van der Waals surface area contributed by atoms with Crippen LogP contribution in [0, 0.1) is 0 Å². The van der Waals surface area contributed by atoms with Gasteiger partial charge in [-0.05, 0) is 13.8 Å². The molecule has 5 atom stereocenters. The lowest BCUT2D eigenvalue weighted by Crippen LogP contribution is -2.46. The minimum atomic E-state index is -3.57. The van der Waals surface area contributed by atoms with Crippen LogP contribution in [0.2, 0.25) is 0 Å². The third-order valence-electron chi connectivity index (χ3n) is 3.08. The summed E-state index contributed by atoms with van der Waals surface area (Å²) in [5, 5.41) is 0. The van der Waals surface area contributed by atoms with Gasteiger partial charge in [0, 0.05) is 13.3 Å². The van der Waals surface area contributed by atoms with Crippen molar-refractivity contribution in [2.75, 3.05) is 26.5 Å². The Kier molecular flexibility index (Phi) is 3.65. The molecule has 2 saturated heterocycles. The molecule has 0 aromatic heterocycles. The van der Waals surface area contributed by atoms with Crippen LogP contribution >= 0.6 is 7.60 Å². The summed E-state index contributed by atoms with van der Waals surface area (Å²) in [5.74, 6) is 0. The average molecular weight is 266 g/mol. The van der Waals surface area contributed by atoms with Gasteiger partial charge in [-0.1, -0.05) is 0 Å². The van der Waals surface area contributed by atoms with E-state index in [0.717, 1.165) is 0 Å². The first kappa shape index (κ1) is 13.5. The van der Waals surface area contributed by atoms with Gasteiger partial charge in [-0.15, -0.1) is 0 Å². The number of rotatable bonds is 5. The Hall–Kier alpha value is 0.0300. The van der Waals surface area contributed by atoms with Crippen molar-refractivity contribution in [2.24, 2.45) is 0 Å². The molecule has 0 aliphatic carbocycles. The van der Waals surface area contributed by atoms with Gasteiger partial charge >= 0.3 is 7.60 Å². The zero-order chi connectivity index (χ0) is 12.7. The van der Waals surface area contributed by atoms with Gasteiger partial charge in [0.2, 0.25) is 0 Å². The Morgan fingerprint density at radius 2 is 2.29 bits per heavy atom. The molecule has 0 spiro atoms. The summed E-state index contributed by atoms with van der Waals surface area (Å²) in [6, 6.07) is 0. The van der Waals surface area contributed by atoms with Crippen LogP contribution in [0.25, 0.3) is 0 Å². The van der Waals surface area contributed by atoms with E-state index in [1.54, 1.807) is 0 Å². The van der Waals surface area contributed by atoms with Crippen molar-refractivity contribution in [3.8, 4) is 0 Å². The summed E-state index contributed by atoms with van der Waals surface area (Å²) in [6.45, 7) is 6.13. The fourth-order valence-electron chi connectivity index (χ4n) is 2.43. The highest BCUT2D eigenvalue weighted by atomic mass is 31.2. The van der Waals surface area contributed by atoms with Gasteiger partial charge in [0.15, 0.2) is 0 Å². The zero-order valence-electron chi connectivity index (χ0n) is 10.3. The summed E-state index contributed by atoms with van der Waals surface area (Å²) in [7, 11) is -3.57. The van der Waals surface area contributed by atoms with Crippen LogP contribution in [0.3, 0.4) is 0 Å². The first-order valence-electron chi connectivity index (χ1n) is 5.74. The third-order valence-corrected chi connectivity index (χ3v) is 3.70. The summed E-state index contributed by atoms with van der Waals surface area (Å²) in [6.07, 6.45) is -0.985. The predicted molar refractivity (Wildman–Crippen MR) is 60.1 cm³/mol. The molecule has 2 aliphatic rings. The molecule has 6 nitrogen and oxygen atoms in total. The van der Waals surface area contributed by atoms with Gasteiger partial charge in [-0.2, -0.15) is 0 Å². The predicted octanol–water partition coefficient (Wildman–Crippen LogP) is 0.780. The lowest BCUT2D eigenvalue weighted by Gasteiger charge is -2.30. The molecule has 1 unspecified atom stereocenters. The first-order chi connectivity index (χ1) is 7.88. The number of ether oxygens (including phenoxy) is 3. The molecule has 0 radical (unpaired) electrons. The molecule has 7 heteroatoms. The van der Waals surface area contributed by atoms with E-state index >= 15 is 0 Å². The molecule has 2 aliphatic heterocycles. The van der Waals surface area contributed by atoms with Crippen molar-refractivity contribution in [1.82, 2.24) is 0 Å². The highest BCUT2D eigenvalue weighted by molar-refractivity contribution is 7.51. The summed E-state index contributed by atoms with van der Waals surface area (Å²) < 4.78 is 33.4. The van der Waals surface area contributed by atoms with E-state index in [2.05, 4.69) is 0 Å². The highest BCUT2D eigenvalue weighted by Crippen LogP contribution is 2.49. The van der Waals surface area contributed by atoms with Crippen LogP contribution in [0.5, 0.6) is 0 Å². The van der Waals surface area contributed by atoms with Gasteiger partial charge in [0.05, 0.1) is 19.3 Å². The van der Waals surface area contributed by atoms with Crippen LogP contribution < -0.4 is 0 Å². The number of fused-ring (bicyclic) bond motifs is 2. The van der Waals surface area contributed by atoms with Crippen molar-refractivity contribution < 1.29 is 28.2 Å². The second-order valence-corrected chi connectivity index (χ2v) is 6.45. The van der Waals surface area contributed by atoms with E-state index in [1.165, 1.54) is 6.66 Å². The molecule has 100 valence electrons. The second kappa shape index (κ2) is 4.61. The van der Waals surface area contributed by atoms with Crippen molar-refractivity contribution in [2.45, 2.75) is 37.8 Å². The molecule has 0 amide bonds. The van der Waals surface area contributed by atoms with Crippen molar-refractivity contribution in [1.29, 1.82) is 0 Å². The number of hydrogen-bond donors (Lipinski definition) is 1. The second-order valence-electron chi connectivity index (χ2n) is 4.63. The molecule has 2 rings (SSSR count). The fraction of sp³-hybridized carbons (Fsp3) is 1.00.